The van der Waals surface area contributed by atoms with Gasteiger partial charge in [0.2, 0.25) is 11.8 Å². The first-order chi connectivity index (χ1) is 9.02. The Morgan fingerprint density at radius 2 is 2.16 bits per heavy atom. The number of carbonyl (C=O) groups is 2. The summed E-state index contributed by atoms with van der Waals surface area (Å²) in [5, 5.41) is 2.41. The molecule has 0 bridgehead atoms. The number of ether oxygens (including phenoxy) is 1. The smallest absolute Gasteiger partial charge is 0.243 e. The van der Waals surface area contributed by atoms with E-state index in [4.69, 9.17) is 4.74 Å². The van der Waals surface area contributed by atoms with Gasteiger partial charge in [0, 0.05) is 13.0 Å². The fourth-order valence-electron chi connectivity index (χ4n) is 2.93. The molecular weight excluding hydrogens is 244 g/mol. The summed E-state index contributed by atoms with van der Waals surface area (Å²) in [6, 6.07) is -0.254. The van der Waals surface area contributed by atoms with E-state index in [1.165, 1.54) is 11.1 Å². The van der Waals surface area contributed by atoms with Gasteiger partial charge in [-0.1, -0.05) is 12.5 Å². The molecule has 1 saturated heterocycles. The summed E-state index contributed by atoms with van der Waals surface area (Å²) >= 11 is 0. The maximum absolute atomic E-state index is 11.9. The van der Waals surface area contributed by atoms with Gasteiger partial charge < -0.3 is 4.74 Å². The zero-order valence-electron chi connectivity index (χ0n) is 11.9. The minimum atomic E-state index is -0.254. The number of hydrogen-bond acceptors (Lipinski definition) is 4. The maximum atomic E-state index is 11.9. The Hall–Kier alpha value is -1.20. The average molecular weight is 266 g/mol. The Kier molecular flexibility index (Phi) is 4.37. The van der Waals surface area contributed by atoms with Gasteiger partial charge >= 0.3 is 0 Å². The molecule has 0 saturated carbocycles. The van der Waals surface area contributed by atoms with Gasteiger partial charge in [-0.25, -0.2) is 0 Å². The first-order valence-electron chi connectivity index (χ1n) is 6.90. The summed E-state index contributed by atoms with van der Waals surface area (Å²) in [5.74, 6) is -0.368. The largest absolute Gasteiger partial charge is 0.359 e. The van der Waals surface area contributed by atoms with Crippen molar-refractivity contribution in [3.05, 3.63) is 11.1 Å². The Labute approximate surface area is 114 Å². The molecule has 0 aliphatic carbocycles. The van der Waals surface area contributed by atoms with E-state index in [0.29, 0.717) is 19.6 Å². The molecule has 0 aromatic heterocycles. The topological polar surface area (TPSA) is 58.6 Å². The summed E-state index contributed by atoms with van der Waals surface area (Å²) in [5.41, 5.74) is 2.59. The molecular formula is C14H22N2O3. The van der Waals surface area contributed by atoms with E-state index in [2.05, 4.69) is 26.1 Å². The van der Waals surface area contributed by atoms with E-state index in [1.54, 1.807) is 0 Å². The lowest BCUT2D eigenvalue weighted by molar-refractivity contribution is -0.139. The van der Waals surface area contributed by atoms with E-state index < -0.39 is 0 Å². The molecule has 1 N–H and O–H groups in total. The fourth-order valence-corrected chi connectivity index (χ4v) is 2.93. The summed E-state index contributed by atoms with van der Waals surface area (Å²) in [4.78, 5) is 25.1. The number of nitrogens with one attached hydrogen (secondary N) is 1. The molecule has 2 aliphatic rings. The van der Waals surface area contributed by atoms with Gasteiger partial charge in [-0.2, -0.15) is 0 Å². The Balaban J connectivity index is 2.12. The average Bonchev–Trinajstić information content (AvgIpc) is 2.48. The van der Waals surface area contributed by atoms with Crippen LogP contribution in [0.5, 0.6) is 0 Å². The maximum Gasteiger partial charge on any atom is 0.243 e. The summed E-state index contributed by atoms with van der Waals surface area (Å²) in [6.07, 6.45) is 2.06. The van der Waals surface area contributed by atoms with Gasteiger partial charge in [-0.15, -0.1) is 0 Å². The minimum Gasteiger partial charge on any atom is -0.359 e. The molecule has 2 atom stereocenters. The lowest BCUT2D eigenvalue weighted by Crippen LogP contribution is -2.53. The van der Waals surface area contributed by atoms with Gasteiger partial charge in [0.1, 0.15) is 6.73 Å². The molecule has 2 rings (SSSR count). The minimum absolute atomic E-state index is 0.100. The second-order valence-corrected chi connectivity index (χ2v) is 5.31. The van der Waals surface area contributed by atoms with Crippen LogP contribution in [-0.2, 0) is 14.3 Å². The summed E-state index contributed by atoms with van der Waals surface area (Å²) in [7, 11) is 0. The molecule has 0 radical (unpaired) electrons. The number of rotatable bonds is 2. The highest BCUT2D eigenvalue weighted by atomic mass is 16.5. The predicted molar refractivity (Wildman–Crippen MR) is 71.3 cm³/mol. The first kappa shape index (κ1) is 14.2. The fraction of sp³-hybridized carbons (Fsp3) is 0.714. The van der Waals surface area contributed by atoms with Crippen LogP contribution >= 0.6 is 0 Å². The van der Waals surface area contributed by atoms with Crippen LogP contribution in [0.15, 0.2) is 11.1 Å². The van der Waals surface area contributed by atoms with Crippen LogP contribution in [0, 0.1) is 0 Å². The number of amides is 2. The lowest BCUT2D eigenvalue weighted by atomic mass is 10.0. The monoisotopic (exact) mass is 266 g/mol. The third-order valence-corrected chi connectivity index (χ3v) is 4.00. The zero-order valence-corrected chi connectivity index (χ0v) is 11.9. The van der Waals surface area contributed by atoms with Crippen molar-refractivity contribution in [1.82, 2.24) is 10.2 Å². The van der Waals surface area contributed by atoms with E-state index >= 15 is 0 Å². The predicted octanol–water partition coefficient (Wildman–Crippen LogP) is 1.20. The van der Waals surface area contributed by atoms with Crippen molar-refractivity contribution in [2.24, 2.45) is 0 Å². The van der Waals surface area contributed by atoms with Crippen molar-refractivity contribution in [1.29, 1.82) is 0 Å². The van der Waals surface area contributed by atoms with Crippen molar-refractivity contribution in [2.75, 3.05) is 13.3 Å². The van der Waals surface area contributed by atoms with Crippen molar-refractivity contribution >= 4 is 11.8 Å². The van der Waals surface area contributed by atoms with Gasteiger partial charge in [0.25, 0.3) is 0 Å². The van der Waals surface area contributed by atoms with Gasteiger partial charge in [-0.05, 0) is 32.3 Å². The number of carbonyl (C=O) groups excluding carboxylic acids is 2. The van der Waals surface area contributed by atoms with Crippen LogP contribution in [0.1, 0.15) is 40.0 Å². The van der Waals surface area contributed by atoms with Gasteiger partial charge in [0.15, 0.2) is 0 Å². The Morgan fingerprint density at radius 1 is 1.42 bits per heavy atom. The van der Waals surface area contributed by atoms with Crippen molar-refractivity contribution < 1.29 is 14.3 Å². The molecule has 0 aromatic rings. The Bertz CT molecular complexity index is 417. The molecule has 5 nitrogen and oxygen atoms in total. The van der Waals surface area contributed by atoms with Crippen molar-refractivity contribution in [2.45, 2.75) is 52.2 Å². The number of imide groups is 1. The van der Waals surface area contributed by atoms with E-state index in [1.807, 2.05) is 4.90 Å². The van der Waals surface area contributed by atoms with Crippen LogP contribution < -0.4 is 5.32 Å². The normalized spacial score (nSPS) is 30.3. The first-order valence-corrected chi connectivity index (χ1v) is 6.90. The van der Waals surface area contributed by atoms with Gasteiger partial charge in [-0.3, -0.25) is 19.8 Å². The zero-order chi connectivity index (χ0) is 14.0. The van der Waals surface area contributed by atoms with E-state index in [9.17, 15) is 9.59 Å². The lowest BCUT2D eigenvalue weighted by Gasteiger charge is -2.31. The highest BCUT2D eigenvalue weighted by Crippen LogP contribution is 2.23. The highest BCUT2D eigenvalue weighted by molar-refractivity contribution is 6.00. The van der Waals surface area contributed by atoms with E-state index in [-0.39, 0.29) is 24.0 Å². The molecule has 106 valence electrons. The summed E-state index contributed by atoms with van der Waals surface area (Å²) in [6.45, 7) is 7.45. The van der Waals surface area contributed by atoms with Crippen LogP contribution in [0.3, 0.4) is 0 Å². The van der Waals surface area contributed by atoms with Crippen LogP contribution in [-0.4, -0.2) is 42.1 Å². The van der Waals surface area contributed by atoms with Crippen molar-refractivity contribution in [3.63, 3.8) is 0 Å². The standard InChI is InChI=1S/C14H22N2O3/c1-4-11-9(2)7-16(8-19-10(11)3)12-5-6-13(17)15-14(12)18/h10,12H,4-8H2,1-3H3,(H,15,17,18). The number of piperidine rings is 1. The second-order valence-electron chi connectivity index (χ2n) is 5.31. The molecule has 19 heavy (non-hydrogen) atoms. The Morgan fingerprint density at radius 3 is 2.79 bits per heavy atom. The third kappa shape index (κ3) is 3.04. The number of nitrogens with zero attached hydrogens (tertiary/aromatic N) is 1. The third-order valence-electron chi connectivity index (χ3n) is 4.00. The molecule has 2 amide bonds. The van der Waals surface area contributed by atoms with Gasteiger partial charge in [0.05, 0.1) is 12.1 Å². The second kappa shape index (κ2) is 5.84. The summed E-state index contributed by atoms with van der Waals surface area (Å²) < 4.78 is 5.82. The van der Waals surface area contributed by atoms with Crippen LogP contribution in [0.25, 0.3) is 0 Å². The molecule has 0 spiro atoms. The molecule has 0 aromatic carbocycles. The molecule has 2 unspecified atom stereocenters. The quantitative estimate of drug-likeness (QED) is 0.602. The molecule has 5 heteroatoms. The molecule has 2 aliphatic heterocycles. The SMILES string of the molecule is CCC1=C(C)CN(C2CCC(=O)NC2=O)COC1C. The number of hydrogen-bond donors (Lipinski definition) is 1. The van der Waals surface area contributed by atoms with Crippen LogP contribution in [0.2, 0.25) is 0 Å². The molecule has 2 heterocycles. The van der Waals surface area contributed by atoms with Crippen LogP contribution in [0.4, 0.5) is 0 Å². The highest BCUT2D eigenvalue weighted by Gasteiger charge is 2.33. The molecule has 1 fully saturated rings. The van der Waals surface area contributed by atoms with Crippen molar-refractivity contribution in [3.8, 4) is 0 Å². The van der Waals surface area contributed by atoms with E-state index in [0.717, 1.165) is 13.0 Å².